The molecule has 1 fully saturated rings. The van der Waals surface area contributed by atoms with Crippen molar-refractivity contribution in [2.45, 2.75) is 31.1 Å². The van der Waals surface area contributed by atoms with Gasteiger partial charge in [0.05, 0.1) is 7.11 Å². The number of rotatable bonds is 6. The zero-order chi connectivity index (χ0) is 20.7. The molecule has 0 heterocycles. The van der Waals surface area contributed by atoms with Crippen LogP contribution in [0.15, 0.2) is 24.3 Å². The van der Waals surface area contributed by atoms with E-state index in [9.17, 15) is 9.59 Å². The van der Waals surface area contributed by atoms with Gasteiger partial charge < -0.3 is 15.2 Å². The summed E-state index contributed by atoms with van der Waals surface area (Å²) in [5.41, 5.74) is 1.18. The normalized spacial score (nSPS) is 18.6. The maximum absolute atomic E-state index is 12.5. The predicted octanol–water partition coefficient (Wildman–Crippen LogP) is 2.08. The lowest BCUT2D eigenvalue weighted by Gasteiger charge is -2.31. The van der Waals surface area contributed by atoms with Crippen molar-refractivity contribution in [1.29, 1.82) is 0 Å². The summed E-state index contributed by atoms with van der Waals surface area (Å²) in [6.45, 7) is 3.94. The quantitative estimate of drug-likeness (QED) is 0.566. The molecule has 0 bridgehead atoms. The van der Waals surface area contributed by atoms with E-state index in [1.54, 1.807) is 24.3 Å². The maximum atomic E-state index is 12.5. The Morgan fingerprint density at radius 1 is 1.32 bits per heavy atom. The van der Waals surface area contributed by atoms with Crippen LogP contribution in [0.1, 0.15) is 36.2 Å². The van der Waals surface area contributed by atoms with Gasteiger partial charge in [-0.05, 0) is 68.5 Å². The van der Waals surface area contributed by atoms with Gasteiger partial charge >= 0.3 is 5.97 Å². The lowest BCUT2D eigenvalue weighted by atomic mass is 10.0. The number of aliphatic hydroxyl groups is 1. The van der Waals surface area contributed by atoms with Crippen molar-refractivity contribution in [3.63, 3.8) is 0 Å². The van der Waals surface area contributed by atoms with E-state index >= 15 is 0 Å². The molecule has 3 atom stereocenters. The number of benzene rings is 1. The zero-order valence-corrected chi connectivity index (χ0v) is 17.4. The third-order valence-electron chi connectivity index (χ3n) is 4.76. The number of amides is 1. The van der Waals surface area contributed by atoms with Crippen LogP contribution in [-0.4, -0.2) is 47.7 Å². The van der Waals surface area contributed by atoms with E-state index in [0.717, 1.165) is 12.0 Å². The summed E-state index contributed by atoms with van der Waals surface area (Å²) >= 11 is 1.48. The van der Waals surface area contributed by atoms with Gasteiger partial charge in [-0.1, -0.05) is 11.8 Å². The summed E-state index contributed by atoms with van der Waals surface area (Å²) in [6.07, 6.45) is 2.82. The Morgan fingerprint density at radius 3 is 2.54 bits per heavy atom. The van der Waals surface area contributed by atoms with Crippen molar-refractivity contribution in [2.75, 3.05) is 20.0 Å². The second kappa shape index (κ2) is 9.68. The molecule has 5 nitrogen and oxygen atoms in total. The molecular weight excluding hydrogens is 374 g/mol. The number of carbonyl (C=O) groups excluding carboxylic acids is 2. The SMILES string of the molecule is COC(=O)[C@@H](NC(=O)c1ccc(C#CC#CC2C[C@@H]2CO)cc1)C(C)(C)SC. The molecule has 6 heteroatoms. The van der Waals surface area contributed by atoms with Crippen molar-refractivity contribution in [3.8, 4) is 23.7 Å². The lowest BCUT2D eigenvalue weighted by Crippen LogP contribution is -2.52. The molecule has 1 aliphatic carbocycles. The second-order valence-electron chi connectivity index (χ2n) is 7.12. The minimum Gasteiger partial charge on any atom is -0.467 e. The predicted molar refractivity (Wildman–Crippen MR) is 111 cm³/mol. The summed E-state index contributed by atoms with van der Waals surface area (Å²) < 4.78 is 4.32. The van der Waals surface area contributed by atoms with Gasteiger partial charge in [-0.25, -0.2) is 4.79 Å². The van der Waals surface area contributed by atoms with E-state index in [2.05, 4.69) is 29.0 Å². The van der Waals surface area contributed by atoms with Crippen LogP contribution >= 0.6 is 11.8 Å². The van der Waals surface area contributed by atoms with Crippen LogP contribution in [0.4, 0.5) is 0 Å². The molecule has 1 aromatic carbocycles. The van der Waals surface area contributed by atoms with Gasteiger partial charge in [-0.3, -0.25) is 4.79 Å². The van der Waals surface area contributed by atoms with Crippen molar-refractivity contribution in [2.24, 2.45) is 11.8 Å². The lowest BCUT2D eigenvalue weighted by molar-refractivity contribution is -0.143. The van der Waals surface area contributed by atoms with Gasteiger partial charge in [-0.15, -0.1) is 0 Å². The Morgan fingerprint density at radius 2 is 2.00 bits per heavy atom. The van der Waals surface area contributed by atoms with Crippen molar-refractivity contribution in [1.82, 2.24) is 5.32 Å². The van der Waals surface area contributed by atoms with Crippen LogP contribution in [0.25, 0.3) is 0 Å². The first-order valence-electron chi connectivity index (χ1n) is 8.98. The summed E-state index contributed by atoms with van der Waals surface area (Å²) in [4.78, 5) is 24.6. The number of hydrogen-bond acceptors (Lipinski definition) is 5. The number of esters is 1. The third-order valence-corrected chi connectivity index (χ3v) is 6.05. The highest BCUT2D eigenvalue weighted by molar-refractivity contribution is 8.00. The largest absolute Gasteiger partial charge is 0.467 e. The number of methoxy groups -OCH3 is 1. The Bertz CT molecular complexity index is 839. The van der Waals surface area contributed by atoms with Crippen LogP contribution in [0, 0.1) is 35.5 Å². The third kappa shape index (κ3) is 5.79. The fourth-order valence-corrected chi connectivity index (χ4v) is 2.92. The van der Waals surface area contributed by atoms with Crippen molar-refractivity contribution in [3.05, 3.63) is 35.4 Å². The average molecular weight is 400 g/mol. The van der Waals surface area contributed by atoms with E-state index in [1.165, 1.54) is 18.9 Å². The van der Waals surface area contributed by atoms with Crippen LogP contribution in [-0.2, 0) is 9.53 Å². The van der Waals surface area contributed by atoms with Crippen molar-refractivity contribution < 1.29 is 19.4 Å². The Hall–Kier alpha value is -2.41. The summed E-state index contributed by atoms with van der Waals surface area (Å²) in [5.74, 6) is 11.3. The first-order valence-corrected chi connectivity index (χ1v) is 10.2. The number of ether oxygens (including phenoxy) is 1. The fourth-order valence-electron chi connectivity index (χ4n) is 2.53. The average Bonchev–Trinajstić information content (AvgIpc) is 3.47. The number of hydrogen-bond donors (Lipinski definition) is 2. The Labute approximate surface area is 170 Å². The molecule has 2 N–H and O–H groups in total. The van der Waals surface area contributed by atoms with Gasteiger partial charge in [0.25, 0.3) is 5.91 Å². The van der Waals surface area contributed by atoms with Gasteiger partial charge in [0.2, 0.25) is 0 Å². The van der Waals surface area contributed by atoms with E-state index in [1.807, 2.05) is 20.1 Å². The highest BCUT2D eigenvalue weighted by atomic mass is 32.2. The van der Waals surface area contributed by atoms with Crippen LogP contribution in [0.2, 0.25) is 0 Å². The standard InChI is InChI=1S/C22H25NO4S/c1-22(2,28-4)19(21(26)27-3)23-20(25)16-11-9-15(10-12-16)7-5-6-8-17-13-18(17)14-24/h9-12,17-19,24H,13-14H2,1-4H3,(H,23,25)/t17?,18-,19-/m1/s1. The molecular formula is C22H25NO4S. The molecule has 1 aromatic rings. The van der Waals surface area contributed by atoms with Gasteiger partial charge in [0.15, 0.2) is 0 Å². The molecule has 1 aliphatic rings. The van der Waals surface area contributed by atoms with E-state index in [0.29, 0.717) is 11.5 Å². The molecule has 148 valence electrons. The molecule has 0 saturated heterocycles. The van der Waals surface area contributed by atoms with Crippen LogP contribution in [0.5, 0.6) is 0 Å². The second-order valence-corrected chi connectivity index (χ2v) is 8.58. The first kappa shape index (κ1) is 21.9. The van der Waals surface area contributed by atoms with E-state index in [-0.39, 0.29) is 18.4 Å². The summed E-state index contributed by atoms with van der Waals surface area (Å²) in [5, 5.41) is 11.7. The minimum atomic E-state index is -0.764. The zero-order valence-electron chi connectivity index (χ0n) is 16.5. The van der Waals surface area contributed by atoms with Gasteiger partial charge in [0, 0.05) is 28.4 Å². The minimum absolute atomic E-state index is 0.182. The van der Waals surface area contributed by atoms with E-state index < -0.39 is 16.8 Å². The van der Waals surface area contributed by atoms with Gasteiger partial charge in [-0.2, -0.15) is 11.8 Å². The highest BCUT2D eigenvalue weighted by Crippen LogP contribution is 2.36. The topological polar surface area (TPSA) is 75.6 Å². The molecule has 2 rings (SSSR count). The molecule has 28 heavy (non-hydrogen) atoms. The Kier molecular flexibility index (Phi) is 7.57. The van der Waals surface area contributed by atoms with E-state index in [4.69, 9.17) is 9.84 Å². The first-order chi connectivity index (χ1) is 13.3. The molecule has 1 saturated carbocycles. The Balaban J connectivity index is 2.02. The molecule has 1 amide bonds. The number of aliphatic hydroxyl groups excluding tert-OH is 1. The number of thioether (sulfide) groups is 1. The molecule has 0 aliphatic heterocycles. The fraction of sp³-hybridized carbons (Fsp3) is 0.455. The maximum Gasteiger partial charge on any atom is 0.329 e. The summed E-state index contributed by atoms with van der Waals surface area (Å²) in [6, 6.07) is 6.04. The monoisotopic (exact) mass is 399 g/mol. The van der Waals surface area contributed by atoms with Crippen molar-refractivity contribution >= 4 is 23.6 Å². The number of carbonyl (C=O) groups is 2. The number of nitrogens with one attached hydrogen (secondary N) is 1. The van der Waals surface area contributed by atoms with Crippen LogP contribution < -0.4 is 5.32 Å². The highest BCUT2D eigenvalue weighted by Gasteiger charge is 2.37. The van der Waals surface area contributed by atoms with Crippen LogP contribution in [0.3, 0.4) is 0 Å². The molecule has 0 aromatic heterocycles. The molecule has 0 spiro atoms. The smallest absolute Gasteiger partial charge is 0.329 e. The molecule has 1 unspecified atom stereocenters. The van der Waals surface area contributed by atoms with Gasteiger partial charge in [0.1, 0.15) is 6.04 Å². The summed E-state index contributed by atoms with van der Waals surface area (Å²) in [7, 11) is 1.31. The molecule has 0 radical (unpaired) electrons.